The second-order valence-electron chi connectivity index (χ2n) is 4.85. The number of carbonyl (C=O) groups is 1. The van der Waals surface area contributed by atoms with E-state index in [1.807, 2.05) is 26.1 Å². The fraction of sp³-hybridized carbons (Fsp3) is 0.214. The molecule has 0 saturated heterocycles. The number of aromatic nitrogens is 6. The van der Waals surface area contributed by atoms with Crippen molar-refractivity contribution in [2.24, 2.45) is 7.05 Å². The van der Waals surface area contributed by atoms with Gasteiger partial charge < -0.3 is 9.88 Å². The molecule has 8 heteroatoms. The van der Waals surface area contributed by atoms with Gasteiger partial charge in [0.2, 0.25) is 0 Å². The summed E-state index contributed by atoms with van der Waals surface area (Å²) in [6.07, 6.45) is 6.67. The molecule has 0 aromatic carbocycles. The molecule has 3 heterocycles. The smallest absolute Gasteiger partial charge is 0.272 e. The molecular formula is C14H15N7O. The van der Waals surface area contributed by atoms with Crippen LogP contribution < -0.4 is 5.32 Å². The highest BCUT2D eigenvalue weighted by Crippen LogP contribution is 2.10. The number of hydrogen-bond donors (Lipinski definition) is 1. The van der Waals surface area contributed by atoms with Gasteiger partial charge in [-0.15, -0.1) is 10.2 Å². The zero-order valence-corrected chi connectivity index (χ0v) is 12.2. The minimum Gasteiger partial charge on any atom is -0.341 e. The minimum absolute atomic E-state index is 0.258. The van der Waals surface area contributed by atoms with E-state index >= 15 is 0 Å². The van der Waals surface area contributed by atoms with Gasteiger partial charge in [0.25, 0.3) is 5.91 Å². The third-order valence-electron chi connectivity index (χ3n) is 3.23. The molecule has 1 N–H and O–H groups in total. The summed E-state index contributed by atoms with van der Waals surface area (Å²) in [5.41, 5.74) is 1.18. The first-order valence-corrected chi connectivity index (χ1v) is 6.76. The van der Waals surface area contributed by atoms with Crippen LogP contribution in [0.4, 0.5) is 0 Å². The topological polar surface area (TPSA) is 90.5 Å². The number of rotatable bonds is 4. The number of amides is 1. The predicted molar refractivity (Wildman–Crippen MR) is 78.2 cm³/mol. The molecule has 1 amide bonds. The van der Waals surface area contributed by atoms with Gasteiger partial charge in [-0.05, 0) is 25.1 Å². The van der Waals surface area contributed by atoms with Crippen LogP contribution in [0.15, 0.2) is 43.1 Å². The highest BCUT2D eigenvalue weighted by Gasteiger charge is 2.17. The van der Waals surface area contributed by atoms with Crippen LogP contribution in [0.2, 0.25) is 0 Å². The number of carbonyl (C=O) groups excluding carboxylic acids is 1. The number of nitrogens with one attached hydrogen (secondary N) is 1. The fourth-order valence-corrected chi connectivity index (χ4v) is 2.10. The second-order valence-corrected chi connectivity index (χ2v) is 4.85. The number of hydrogen-bond acceptors (Lipinski definition) is 5. The maximum absolute atomic E-state index is 12.2. The van der Waals surface area contributed by atoms with Gasteiger partial charge in [-0.1, -0.05) is 0 Å². The van der Waals surface area contributed by atoms with E-state index in [-0.39, 0.29) is 11.9 Å². The summed E-state index contributed by atoms with van der Waals surface area (Å²) in [5, 5.41) is 14.9. The van der Waals surface area contributed by atoms with E-state index in [9.17, 15) is 4.79 Å². The molecule has 0 fully saturated rings. The Morgan fingerprint density at radius 3 is 2.73 bits per heavy atom. The van der Waals surface area contributed by atoms with Crippen LogP contribution in [0.1, 0.15) is 29.3 Å². The molecule has 0 radical (unpaired) electrons. The lowest BCUT2D eigenvalue weighted by Crippen LogP contribution is -2.28. The van der Waals surface area contributed by atoms with Gasteiger partial charge in [-0.25, -0.2) is 4.68 Å². The zero-order chi connectivity index (χ0) is 15.5. The van der Waals surface area contributed by atoms with Crippen LogP contribution in [-0.4, -0.2) is 35.4 Å². The Balaban J connectivity index is 1.74. The van der Waals surface area contributed by atoms with Gasteiger partial charge in [0.05, 0.1) is 11.7 Å². The Labute approximate surface area is 126 Å². The van der Waals surface area contributed by atoms with Gasteiger partial charge in [0.1, 0.15) is 6.33 Å². The first-order valence-electron chi connectivity index (χ1n) is 6.76. The number of aryl methyl sites for hydroxylation is 1. The monoisotopic (exact) mass is 297 g/mol. The van der Waals surface area contributed by atoms with E-state index < -0.39 is 0 Å². The lowest BCUT2D eigenvalue weighted by Gasteiger charge is -2.11. The van der Waals surface area contributed by atoms with Crippen LogP contribution in [0.25, 0.3) is 5.69 Å². The van der Waals surface area contributed by atoms with Crippen molar-refractivity contribution in [3.8, 4) is 5.69 Å². The average molecular weight is 297 g/mol. The van der Waals surface area contributed by atoms with Gasteiger partial charge >= 0.3 is 0 Å². The van der Waals surface area contributed by atoms with E-state index in [1.54, 1.807) is 40.2 Å². The van der Waals surface area contributed by atoms with Crippen LogP contribution in [0.5, 0.6) is 0 Å². The van der Waals surface area contributed by atoms with E-state index in [1.165, 1.54) is 0 Å². The van der Waals surface area contributed by atoms with Crippen molar-refractivity contribution in [1.29, 1.82) is 0 Å². The van der Waals surface area contributed by atoms with Crippen molar-refractivity contribution in [3.05, 3.63) is 54.6 Å². The Hall–Kier alpha value is -3.03. The highest BCUT2D eigenvalue weighted by molar-refractivity contribution is 5.92. The summed E-state index contributed by atoms with van der Waals surface area (Å²) in [6.45, 7) is 1.85. The molecular weight excluding hydrogens is 282 g/mol. The Morgan fingerprint density at radius 2 is 2.05 bits per heavy atom. The Morgan fingerprint density at radius 1 is 1.27 bits per heavy atom. The SMILES string of the molecule is CC(NC(=O)c1ccn(-c2ccncc2)n1)c1nncn1C. The first kappa shape index (κ1) is 13.9. The van der Waals surface area contributed by atoms with E-state index in [4.69, 9.17) is 0 Å². The molecule has 1 unspecified atom stereocenters. The molecule has 8 nitrogen and oxygen atoms in total. The van der Waals surface area contributed by atoms with Crippen LogP contribution in [0.3, 0.4) is 0 Å². The lowest BCUT2D eigenvalue weighted by molar-refractivity contribution is 0.0932. The van der Waals surface area contributed by atoms with Crippen LogP contribution in [0, 0.1) is 0 Å². The van der Waals surface area contributed by atoms with E-state index in [0.29, 0.717) is 11.5 Å². The first-order chi connectivity index (χ1) is 10.6. The van der Waals surface area contributed by atoms with E-state index in [0.717, 1.165) is 5.69 Å². The van der Waals surface area contributed by atoms with Crippen molar-refractivity contribution in [3.63, 3.8) is 0 Å². The minimum atomic E-state index is -0.261. The largest absolute Gasteiger partial charge is 0.341 e. The summed E-state index contributed by atoms with van der Waals surface area (Å²) in [6, 6.07) is 5.04. The summed E-state index contributed by atoms with van der Waals surface area (Å²) in [5.74, 6) is 0.422. The molecule has 3 rings (SSSR count). The number of nitrogens with zero attached hydrogens (tertiary/aromatic N) is 6. The molecule has 0 aliphatic rings. The van der Waals surface area contributed by atoms with Gasteiger partial charge in [-0.2, -0.15) is 5.10 Å². The molecule has 0 aliphatic heterocycles. The molecule has 3 aromatic heterocycles. The van der Waals surface area contributed by atoms with Gasteiger partial charge in [0, 0.05) is 25.6 Å². The van der Waals surface area contributed by atoms with E-state index in [2.05, 4.69) is 25.6 Å². The third kappa shape index (κ3) is 2.71. The van der Waals surface area contributed by atoms with Crippen molar-refractivity contribution in [1.82, 2.24) is 34.8 Å². The van der Waals surface area contributed by atoms with Crippen molar-refractivity contribution in [2.75, 3.05) is 0 Å². The van der Waals surface area contributed by atoms with Crippen molar-refractivity contribution >= 4 is 5.91 Å². The maximum atomic E-state index is 12.2. The summed E-state index contributed by atoms with van der Waals surface area (Å²) in [7, 11) is 1.83. The second kappa shape index (κ2) is 5.76. The molecule has 3 aromatic rings. The molecule has 112 valence electrons. The Bertz CT molecular complexity index is 777. The molecule has 0 aliphatic carbocycles. The molecule has 1 atom stereocenters. The molecule has 22 heavy (non-hydrogen) atoms. The normalized spacial score (nSPS) is 12.1. The van der Waals surface area contributed by atoms with Gasteiger partial charge in [-0.3, -0.25) is 9.78 Å². The van der Waals surface area contributed by atoms with Gasteiger partial charge in [0.15, 0.2) is 11.5 Å². The average Bonchev–Trinajstić information content (AvgIpc) is 3.17. The standard InChI is InChI=1S/C14H15N7O/c1-10(13-18-16-9-20(13)2)17-14(22)12-5-8-21(19-12)11-3-6-15-7-4-11/h3-10H,1-2H3,(H,17,22). The summed E-state index contributed by atoms with van der Waals surface area (Å²) < 4.78 is 3.39. The van der Waals surface area contributed by atoms with Crippen LogP contribution in [-0.2, 0) is 7.05 Å². The number of pyridine rings is 1. The summed E-state index contributed by atoms with van der Waals surface area (Å²) in [4.78, 5) is 16.2. The third-order valence-corrected chi connectivity index (χ3v) is 3.23. The Kier molecular flexibility index (Phi) is 3.65. The fourth-order valence-electron chi connectivity index (χ4n) is 2.10. The quantitative estimate of drug-likeness (QED) is 0.772. The van der Waals surface area contributed by atoms with Crippen molar-refractivity contribution < 1.29 is 4.79 Å². The maximum Gasteiger partial charge on any atom is 0.272 e. The lowest BCUT2D eigenvalue weighted by atomic mass is 10.3. The van der Waals surface area contributed by atoms with Crippen LogP contribution >= 0.6 is 0 Å². The summed E-state index contributed by atoms with van der Waals surface area (Å²) >= 11 is 0. The molecule has 0 bridgehead atoms. The predicted octanol–water partition coefficient (Wildman–Crippen LogP) is 0.887. The van der Waals surface area contributed by atoms with Crippen molar-refractivity contribution in [2.45, 2.75) is 13.0 Å². The molecule has 0 spiro atoms. The molecule has 0 saturated carbocycles. The highest BCUT2D eigenvalue weighted by atomic mass is 16.2. The zero-order valence-electron chi connectivity index (χ0n) is 12.2.